The quantitative estimate of drug-likeness (QED) is 0.461. The van der Waals surface area contributed by atoms with E-state index in [2.05, 4.69) is 0 Å². The summed E-state index contributed by atoms with van der Waals surface area (Å²) in [7, 11) is 0. The Bertz CT molecular complexity index is 1030. The first-order valence-electron chi connectivity index (χ1n) is 10.4. The number of fused-ring (bicyclic) bond motifs is 3. The molecule has 0 saturated heterocycles. The fraction of sp³-hybridized carbons (Fsp3) is 0.348. The van der Waals surface area contributed by atoms with Gasteiger partial charge in [0.15, 0.2) is 6.04 Å². The number of carboxylic acid groups (broad SMARTS) is 1. The van der Waals surface area contributed by atoms with Crippen molar-refractivity contribution in [3.63, 3.8) is 0 Å². The van der Waals surface area contributed by atoms with E-state index in [1.807, 2.05) is 59.2 Å². The predicted molar refractivity (Wildman–Crippen MR) is 114 cm³/mol. The van der Waals surface area contributed by atoms with E-state index in [4.69, 9.17) is 9.84 Å². The zero-order valence-electron chi connectivity index (χ0n) is 18.0. The van der Waals surface area contributed by atoms with Gasteiger partial charge in [0, 0.05) is 5.92 Å². The highest BCUT2D eigenvalue weighted by molar-refractivity contribution is 5.89. The zero-order valence-corrected chi connectivity index (χ0v) is 18.0. The SMILES string of the molecule is C[C@@H](O)[C@H](NC(=O)C(CC(F)(F)F)NC(=O)OCC1c2ccccc2-c2ccccc21)C(=O)O. The summed E-state index contributed by atoms with van der Waals surface area (Å²) in [6.45, 7) is 0.864. The standard InChI is InChI=1S/C23H23F3N2O6/c1-12(29)19(21(31)32)28-20(30)18(10-23(24,25)26)27-22(33)34-11-17-15-8-4-2-6-13(15)14-7-3-5-9-16(14)17/h2-9,12,17-19,29H,10-11H2,1H3,(H,27,33)(H,28,30)(H,31,32)/t12-,18?,19+/m1/s1. The molecule has 0 aromatic heterocycles. The van der Waals surface area contributed by atoms with Crippen LogP contribution in [-0.4, -0.2) is 59.2 Å². The summed E-state index contributed by atoms with van der Waals surface area (Å²) in [5.41, 5.74) is 3.70. The maximum absolute atomic E-state index is 13.0. The van der Waals surface area contributed by atoms with Crippen LogP contribution in [0.4, 0.5) is 18.0 Å². The Kier molecular flexibility index (Phi) is 7.45. The molecule has 2 aromatic rings. The predicted octanol–water partition coefficient (Wildman–Crippen LogP) is 2.80. The Hall–Kier alpha value is -3.60. The van der Waals surface area contributed by atoms with E-state index in [0.29, 0.717) is 0 Å². The van der Waals surface area contributed by atoms with E-state index in [0.717, 1.165) is 29.2 Å². The fourth-order valence-corrected chi connectivity index (χ4v) is 3.87. The van der Waals surface area contributed by atoms with Crippen molar-refractivity contribution in [3.05, 3.63) is 59.7 Å². The smallest absolute Gasteiger partial charge is 0.407 e. The van der Waals surface area contributed by atoms with E-state index >= 15 is 0 Å². The lowest BCUT2D eigenvalue weighted by Gasteiger charge is -2.23. The number of alkyl halides is 3. The minimum Gasteiger partial charge on any atom is -0.480 e. The molecule has 3 rings (SSSR count). The first-order chi connectivity index (χ1) is 16.0. The van der Waals surface area contributed by atoms with Gasteiger partial charge in [-0.25, -0.2) is 9.59 Å². The van der Waals surface area contributed by atoms with Crippen LogP contribution >= 0.6 is 0 Å². The number of alkyl carbamates (subject to hydrolysis) is 1. The number of aliphatic hydroxyl groups is 1. The van der Waals surface area contributed by atoms with Crippen molar-refractivity contribution < 1.29 is 42.5 Å². The zero-order chi connectivity index (χ0) is 25.0. The number of amides is 2. The van der Waals surface area contributed by atoms with Crippen molar-refractivity contribution in [2.24, 2.45) is 0 Å². The van der Waals surface area contributed by atoms with Crippen LogP contribution in [0.15, 0.2) is 48.5 Å². The molecule has 3 atom stereocenters. The first-order valence-corrected chi connectivity index (χ1v) is 10.4. The maximum Gasteiger partial charge on any atom is 0.407 e. The summed E-state index contributed by atoms with van der Waals surface area (Å²) in [4.78, 5) is 35.8. The third kappa shape index (κ3) is 5.84. The van der Waals surface area contributed by atoms with Gasteiger partial charge in [0.05, 0.1) is 12.5 Å². The lowest BCUT2D eigenvalue weighted by Crippen LogP contribution is -2.55. The van der Waals surface area contributed by atoms with Crippen LogP contribution in [0.25, 0.3) is 11.1 Å². The van der Waals surface area contributed by atoms with Crippen LogP contribution in [0.3, 0.4) is 0 Å². The van der Waals surface area contributed by atoms with Crippen molar-refractivity contribution in [2.75, 3.05) is 6.61 Å². The molecule has 0 radical (unpaired) electrons. The molecule has 2 aromatic carbocycles. The van der Waals surface area contributed by atoms with Crippen LogP contribution < -0.4 is 10.6 Å². The Balaban J connectivity index is 1.70. The summed E-state index contributed by atoms with van der Waals surface area (Å²) >= 11 is 0. The highest BCUT2D eigenvalue weighted by Crippen LogP contribution is 2.44. The number of carbonyl (C=O) groups is 3. The molecule has 182 valence electrons. The molecule has 0 saturated carbocycles. The van der Waals surface area contributed by atoms with Gasteiger partial charge in [0.2, 0.25) is 5.91 Å². The average molecular weight is 480 g/mol. The van der Waals surface area contributed by atoms with Gasteiger partial charge in [-0.3, -0.25) is 4.79 Å². The Morgan fingerprint density at radius 3 is 2.00 bits per heavy atom. The number of nitrogens with one attached hydrogen (secondary N) is 2. The molecular formula is C23H23F3N2O6. The highest BCUT2D eigenvalue weighted by atomic mass is 19.4. The Labute approximate surface area is 192 Å². The van der Waals surface area contributed by atoms with E-state index in [1.54, 1.807) is 0 Å². The lowest BCUT2D eigenvalue weighted by molar-refractivity contribution is -0.152. The number of halogens is 3. The van der Waals surface area contributed by atoms with Crippen molar-refractivity contribution >= 4 is 18.0 Å². The average Bonchev–Trinajstić information content (AvgIpc) is 3.08. The van der Waals surface area contributed by atoms with Gasteiger partial charge in [-0.1, -0.05) is 48.5 Å². The minimum atomic E-state index is -4.85. The molecule has 1 aliphatic carbocycles. The van der Waals surface area contributed by atoms with E-state index in [1.165, 1.54) is 0 Å². The monoisotopic (exact) mass is 480 g/mol. The largest absolute Gasteiger partial charge is 0.480 e. The topological polar surface area (TPSA) is 125 Å². The molecule has 34 heavy (non-hydrogen) atoms. The van der Waals surface area contributed by atoms with Gasteiger partial charge in [0.1, 0.15) is 12.6 Å². The number of ether oxygens (including phenoxy) is 1. The van der Waals surface area contributed by atoms with Crippen molar-refractivity contribution in [1.29, 1.82) is 0 Å². The fourth-order valence-electron chi connectivity index (χ4n) is 3.87. The second-order valence-electron chi connectivity index (χ2n) is 7.91. The minimum absolute atomic E-state index is 0.189. The molecule has 1 aliphatic rings. The summed E-state index contributed by atoms with van der Waals surface area (Å²) in [6, 6.07) is 10.9. The van der Waals surface area contributed by atoms with Crippen molar-refractivity contribution in [3.8, 4) is 11.1 Å². The van der Waals surface area contributed by atoms with Crippen LogP contribution in [0, 0.1) is 0 Å². The Morgan fingerprint density at radius 2 is 1.53 bits per heavy atom. The molecule has 11 heteroatoms. The number of hydrogen-bond acceptors (Lipinski definition) is 5. The molecule has 0 heterocycles. The summed E-state index contributed by atoms with van der Waals surface area (Å²) in [5, 5.41) is 22.2. The molecule has 0 fully saturated rings. The number of aliphatic hydroxyl groups excluding tert-OH is 1. The van der Waals surface area contributed by atoms with Crippen molar-refractivity contribution in [2.45, 2.75) is 43.6 Å². The first kappa shape index (κ1) is 25.0. The van der Waals surface area contributed by atoms with E-state index in [9.17, 15) is 32.7 Å². The normalized spacial score (nSPS) is 15.4. The second-order valence-corrected chi connectivity index (χ2v) is 7.91. The van der Waals surface area contributed by atoms with Crippen LogP contribution in [0.1, 0.15) is 30.4 Å². The van der Waals surface area contributed by atoms with E-state index in [-0.39, 0.29) is 12.5 Å². The van der Waals surface area contributed by atoms with Gasteiger partial charge >= 0.3 is 18.2 Å². The summed E-state index contributed by atoms with van der Waals surface area (Å²) < 4.78 is 44.2. The maximum atomic E-state index is 13.0. The van der Waals surface area contributed by atoms with Gasteiger partial charge in [0.25, 0.3) is 0 Å². The number of benzene rings is 2. The molecule has 4 N–H and O–H groups in total. The molecule has 1 unspecified atom stereocenters. The third-order valence-electron chi connectivity index (χ3n) is 5.43. The number of rotatable bonds is 8. The van der Waals surface area contributed by atoms with Crippen LogP contribution in [-0.2, 0) is 14.3 Å². The molecule has 0 aliphatic heterocycles. The lowest BCUT2D eigenvalue weighted by atomic mass is 9.98. The van der Waals surface area contributed by atoms with Crippen LogP contribution in [0.2, 0.25) is 0 Å². The number of carbonyl (C=O) groups excluding carboxylic acids is 2. The molecule has 0 spiro atoms. The highest BCUT2D eigenvalue weighted by Gasteiger charge is 2.39. The Morgan fingerprint density at radius 1 is 1.00 bits per heavy atom. The van der Waals surface area contributed by atoms with Crippen molar-refractivity contribution in [1.82, 2.24) is 10.6 Å². The number of carboxylic acids is 1. The molecule has 8 nitrogen and oxygen atoms in total. The number of hydrogen-bond donors (Lipinski definition) is 4. The van der Waals surface area contributed by atoms with E-state index < -0.39 is 48.8 Å². The molecule has 2 amide bonds. The second kappa shape index (κ2) is 10.1. The van der Waals surface area contributed by atoms with Gasteiger partial charge in [-0.2, -0.15) is 13.2 Å². The molecular weight excluding hydrogens is 457 g/mol. The van der Waals surface area contributed by atoms with Gasteiger partial charge < -0.3 is 25.6 Å². The van der Waals surface area contributed by atoms with Crippen LogP contribution in [0.5, 0.6) is 0 Å². The van der Waals surface area contributed by atoms with Gasteiger partial charge in [-0.15, -0.1) is 0 Å². The van der Waals surface area contributed by atoms with Gasteiger partial charge in [-0.05, 0) is 29.2 Å². The molecule has 0 bridgehead atoms. The summed E-state index contributed by atoms with van der Waals surface area (Å²) in [6.07, 6.45) is -9.45. The number of aliphatic carboxylic acids is 1. The summed E-state index contributed by atoms with van der Waals surface area (Å²) in [5.74, 6) is -3.41. The third-order valence-corrected chi connectivity index (χ3v) is 5.43.